The first-order chi connectivity index (χ1) is 10.2. The fraction of sp³-hybridized carbons (Fsp3) is 0.467. The molecule has 6 heteroatoms. The lowest BCUT2D eigenvalue weighted by Crippen LogP contribution is -2.57. The second kappa shape index (κ2) is 5.00. The number of rotatable bonds is 2. The number of amides is 1. The van der Waals surface area contributed by atoms with Crippen molar-refractivity contribution < 1.29 is 4.79 Å². The quantitative estimate of drug-likeness (QED) is 0.920. The van der Waals surface area contributed by atoms with E-state index in [2.05, 4.69) is 15.2 Å². The monoisotopic (exact) mass is 304 g/mol. The minimum Gasteiger partial charge on any atom is -0.346 e. The molecule has 5 rings (SSSR count). The van der Waals surface area contributed by atoms with Gasteiger partial charge >= 0.3 is 0 Å². The molecule has 0 aliphatic carbocycles. The standard InChI is InChI=1S/C15H17ClN4O/c16-14-2-1-11-7-12(17-9-20(11)14)15(21)18-13-8-19-5-3-10(13)4-6-19/h1-2,7,9-10,13H,3-6,8H2,(H,18,21)/t13-/m0/s1. The van der Waals surface area contributed by atoms with Crippen LogP contribution in [-0.2, 0) is 0 Å². The lowest BCUT2D eigenvalue weighted by Gasteiger charge is -2.44. The summed E-state index contributed by atoms with van der Waals surface area (Å²) in [6.45, 7) is 3.31. The maximum absolute atomic E-state index is 12.4. The number of carbonyl (C=O) groups is 1. The van der Waals surface area contributed by atoms with E-state index in [-0.39, 0.29) is 11.9 Å². The highest BCUT2D eigenvalue weighted by Gasteiger charge is 2.35. The summed E-state index contributed by atoms with van der Waals surface area (Å²) in [5.41, 5.74) is 1.34. The molecular weight excluding hydrogens is 288 g/mol. The normalized spacial score (nSPS) is 28.0. The number of hydrogen-bond acceptors (Lipinski definition) is 3. The van der Waals surface area contributed by atoms with Gasteiger partial charge in [-0.25, -0.2) is 4.98 Å². The molecule has 0 spiro atoms. The molecule has 21 heavy (non-hydrogen) atoms. The van der Waals surface area contributed by atoms with E-state index in [1.807, 2.05) is 6.07 Å². The van der Waals surface area contributed by atoms with E-state index in [0.29, 0.717) is 16.8 Å². The second-order valence-electron chi connectivity index (χ2n) is 5.94. The number of nitrogens with one attached hydrogen (secondary N) is 1. The van der Waals surface area contributed by atoms with Gasteiger partial charge in [0.15, 0.2) is 0 Å². The van der Waals surface area contributed by atoms with Crippen LogP contribution >= 0.6 is 11.6 Å². The van der Waals surface area contributed by atoms with Crippen LogP contribution < -0.4 is 5.32 Å². The summed E-state index contributed by atoms with van der Waals surface area (Å²) < 4.78 is 1.76. The molecule has 0 saturated carbocycles. The Morgan fingerprint density at radius 1 is 1.33 bits per heavy atom. The molecule has 2 aromatic rings. The SMILES string of the molecule is O=C(N[C@H]1CN2CCC1CC2)c1cc2ccc(Cl)n2cn1. The van der Waals surface area contributed by atoms with Crippen LogP contribution in [-0.4, -0.2) is 45.9 Å². The van der Waals surface area contributed by atoms with Crippen LogP contribution in [0, 0.1) is 5.92 Å². The Morgan fingerprint density at radius 3 is 2.86 bits per heavy atom. The minimum atomic E-state index is -0.0893. The number of nitrogens with zero attached hydrogens (tertiary/aromatic N) is 3. The van der Waals surface area contributed by atoms with Crippen molar-refractivity contribution in [3.05, 3.63) is 35.4 Å². The zero-order valence-electron chi connectivity index (χ0n) is 11.6. The third kappa shape index (κ3) is 2.30. The molecule has 3 saturated heterocycles. The Bertz CT molecular complexity index is 690. The molecule has 5 nitrogen and oxygen atoms in total. The molecule has 0 aromatic carbocycles. The van der Waals surface area contributed by atoms with E-state index in [1.165, 1.54) is 25.9 Å². The molecule has 1 amide bonds. The van der Waals surface area contributed by atoms with E-state index in [0.717, 1.165) is 12.1 Å². The molecule has 2 bridgehead atoms. The molecule has 2 aromatic heterocycles. The molecule has 0 unspecified atom stereocenters. The predicted octanol–water partition coefficient (Wildman–Crippen LogP) is 1.81. The van der Waals surface area contributed by atoms with Gasteiger partial charge in [0.2, 0.25) is 0 Å². The highest BCUT2D eigenvalue weighted by molar-refractivity contribution is 6.30. The third-order valence-corrected chi connectivity index (χ3v) is 5.01. The zero-order valence-corrected chi connectivity index (χ0v) is 12.4. The number of carbonyl (C=O) groups excluding carboxylic acids is 1. The first-order valence-corrected chi connectivity index (χ1v) is 7.74. The van der Waals surface area contributed by atoms with E-state index in [9.17, 15) is 4.79 Å². The first-order valence-electron chi connectivity index (χ1n) is 7.36. The van der Waals surface area contributed by atoms with Crippen molar-refractivity contribution in [2.75, 3.05) is 19.6 Å². The molecule has 110 valence electrons. The summed E-state index contributed by atoms with van der Waals surface area (Å²) in [7, 11) is 0. The summed E-state index contributed by atoms with van der Waals surface area (Å²) in [5.74, 6) is 0.527. The van der Waals surface area contributed by atoms with Gasteiger partial charge in [0.05, 0.1) is 5.52 Å². The Balaban J connectivity index is 1.53. The van der Waals surface area contributed by atoms with E-state index >= 15 is 0 Å². The van der Waals surface area contributed by atoms with Crippen molar-refractivity contribution in [1.29, 1.82) is 0 Å². The highest BCUT2D eigenvalue weighted by atomic mass is 35.5. The Hall–Kier alpha value is -1.59. The molecule has 1 N–H and O–H groups in total. The van der Waals surface area contributed by atoms with Crippen molar-refractivity contribution in [3.63, 3.8) is 0 Å². The van der Waals surface area contributed by atoms with Crippen molar-refractivity contribution in [2.45, 2.75) is 18.9 Å². The van der Waals surface area contributed by atoms with Crippen LogP contribution in [0.1, 0.15) is 23.3 Å². The van der Waals surface area contributed by atoms with Crippen molar-refractivity contribution in [2.24, 2.45) is 5.92 Å². The van der Waals surface area contributed by atoms with Crippen LogP contribution in [0.2, 0.25) is 5.15 Å². The largest absolute Gasteiger partial charge is 0.346 e. The number of aromatic nitrogens is 2. The number of fused-ring (bicyclic) bond motifs is 4. The molecule has 3 fully saturated rings. The third-order valence-electron chi connectivity index (χ3n) is 4.70. The van der Waals surface area contributed by atoms with Gasteiger partial charge in [0, 0.05) is 12.6 Å². The Kier molecular flexibility index (Phi) is 3.12. The second-order valence-corrected chi connectivity index (χ2v) is 6.33. The first kappa shape index (κ1) is 13.1. The van der Waals surface area contributed by atoms with Crippen molar-refractivity contribution in [1.82, 2.24) is 19.6 Å². The number of halogens is 1. The van der Waals surface area contributed by atoms with E-state index in [1.54, 1.807) is 22.9 Å². The Morgan fingerprint density at radius 2 is 2.14 bits per heavy atom. The van der Waals surface area contributed by atoms with Gasteiger partial charge in [-0.1, -0.05) is 11.6 Å². The fourth-order valence-corrected chi connectivity index (χ4v) is 3.67. The molecule has 1 atom stereocenters. The highest BCUT2D eigenvalue weighted by Crippen LogP contribution is 2.27. The topological polar surface area (TPSA) is 49.6 Å². The van der Waals surface area contributed by atoms with Crippen molar-refractivity contribution in [3.8, 4) is 0 Å². The summed E-state index contributed by atoms with van der Waals surface area (Å²) in [6.07, 6.45) is 3.97. The van der Waals surface area contributed by atoms with Crippen LogP contribution in [0.3, 0.4) is 0 Å². The summed E-state index contributed by atoms with van der Waals surface area (Å²) in [4.78, 5) is 19.1. The fourth-order valence-electron chi connectivity index (χ4n) is 3.47. The van der Waals surface area contributed by atoms with Crippen LogP contribution in [0.4, 0.5) is 0 Å². The predicted molar refractivity (Wildman–Crippen MR) is 80.6 cm³/mol. The van der Waals surface area contributed by atoms with Gasteiger partial charge in [-0.3, -0.25) is 9.20 Å². The van der Waals surface area contributed by atoms with Gasteiger partial charge in [0.25, 0.3) is 5.91 Å². The number of hydrogen-bond donors (Lipinski definition) is 1. The molecule has 3 aliphatic heterocycles. The Labute approximate surface area is 127 Å². The number of piperidine rings is 3. The van der Waals surface area contributed by atoms with E-state index in [4.69, 9.17) is 11.6 Å². The van der Waals surface area contributed by atoms with Crippen LogP contribution in [0.25, 0.3) is 5.52 Å². The lowest BCUT2D eigenvalue weighted by atomic mass is 9.84. The van der Waals surface area contributed by atoms with Gasteiger partial charge in [0.1, 0.15) is 17.2 Å². The maximum atomic E-state index is 12.4. The minimum absolute atomic E-state index is 0.0893. The summed E-state index contributed by atoms with van der Waals surface area (Å²) in [5, 5.41) is 3.75. The van der Waals surface area contributed by atoms with Gasteiger partial charge in [-0.15, -0.1) is 0 Å². The van der Waals surface area contributed by atoms with Gasteiger partial charge in [-0.05, 0) is 50.0 Å². The van der Waals surface area contributed by atoms with Crippen molar-refractivity contribution >= 4 is 23.0 Å². The maximum Gasteiger partial charge on any atom is 0.270 e. The van der Waals surface area contributed by atoms with Gasteiger partial charge < -0.3 is 10.2 Å². The van der Waals surface area contributed by atoms with Crippen LogP contribution in [0.5, 0.6) is 0 Å². The molecule has 5 heterocycles. The molecule has 3 aliphatic rings. The lowest BCUT2D eigenvalue weighted by molar-refractivity contribution is 0.0617. The summed E-state index contributed by atoms with van der Waals surface area (Å²) >= 11 is 6.02. The molecular formula is C15H17ClN4O. The van der Waals surface area contributed by atoms with E-state index < -0.39 is 0 Å². The van der Waals surface area contributed by atoms with Gasteiger partial charge in [-0.2, -0.15) is 0 Å². The molecule has 0 radical (unpaired) electrons. The average Bonchev–Trinajstić information content (AvgIpc) is 2.89. The average molecular weight is 305 g/mol. The summed E-state index contributed by atoms with van der Waals surface area (Å²) in [6, 6.07) is 5.72. The smallest absolute Gasteiger partial charge is 0.270 e. The van der Waals surface area contributed by atoms with Crippen LogP contribution in [0.15, 0.2) is 24.5 Å². The zero-order chi connectivity index (χ0) is 14.4.